The summed E-state index contributed by atoms with van der Waals surface area (Å²) in [6.07, 6.45) is 8.65. The second-order valence-corrected chi connectivity index (χ2v) is 8.01. The van der Waals surface area contributed by atoms with Crippen LogP contribution in [0.4, 0.5) is 0 Å². The minimum atomic E-state index is 0.284. The molecule has 0 saturated carbocycles. The molecule has 2 aromatic heterocycles. The monoisotopic (exact) mass is 435 g/mol. The lowest BCUT2D eigenvalue weighted by Crippen LogP contribution is -2.32. The van der Waals surface area contributed by atoms with E-state index in [-0.39, 0.29) is 5.88 Å². The van der Waals surface area contributed by atoms with Crippen molar-refractivity contribution in [2.24, 2.45) is 5.92 Å². The number of piperidine rings is 1. The second kappa shape index (κ2) is 10.4. The number of methoxy groups -OCH3 is 1. The van der Waals surface area contributed by atoms with E-state index in [1.54, 1.807) is 16.9 Å². The van der Waals surface area contributed by atoms with Crippen molar-refractivity contribution in [1.29, 1.82) is 10.7 Å². The smallest absolute Gasteiger partial charge is 0.231 e. The van der Waals surface area contributed by atoms with Crippen molar-refractivity contribution < 1.29 is 9.47 Å². The first-order valence-electron chi connectivity index (χ1n) is 11.0. The van der Waals surface area contributed by atoms with Crippen molar-refractivity contribution in [3.63, 3.8) is 0 Å². The number of hydrogen-bond acceptors (Lipinski definition) is 8. The third-order valence-electron chi connectivity index (χ3n) is 5.99. The lowest BCUT2D eigenvalue weighted by atomic mass is 9.98. The standard InChI is InChI=1S/C23H29N7O2/c1-31-23-17(11-24)10-19(15-28-23)30-22(20-4-8-32-9-5-21(20)29-30)18(12-25)14-27-13-16-2-6-26-7-3-16/h10,12,14-16,25-27H,2-9,13H2,1H3/b18-14+,25-12?. The molecule has 4 rings (SSSR count). The van der Waals surface area contributed by atoms with E-state index >= 15 is 0 Å². The van der Waals surface area contributed by atoms with Gasteiger partial charge in [-0.3, -0.25) is 0 Å². The van der Waals surface area contributed by atoms with Crippen molar-refractivity contribution in [1.82, 2.24) is 25.4 Å². The molecular weight excluding hydrogens is 406 g/mol. The Bertz CT molecular complexity index is 1030. The zero-order valence-corrected chi connectivity index (χ0v) is 18.4. The fourth-order valence-corrected chi connectivity index (χ4v) is 4.29. The summed E-state index contributed by atoms with van der Waals surface area (Å²) in [7, 11) is 1.49. The molecule has 4 heterocycles. The van der Waals surface area contributed by atoms with E-state index in [4.69, 9.17) is 20.0 Å². The highest BCUT2D eigenvalue weighted by atomic mass is 16.5. The first-order valence-corrected chi connectivity index (χ1v) is 11.0. The maximum atomic E-state index is 9.51. The minimum absolute atomic E-state index is 0.284. The zero-order chi connectivity index (χ0) is 22.3. The Morgan fingerprint density at radius 1 is 1.41 bits per heavy atom. The van der Waals surface area contributed by atoms with Crippen LogP contribution in [0.25, 0.3) is 11.3 Å². The van der Waals surface area contributed by atoms with Crippen LogP contribution in [0.5, 0.6) is 5.88 Å². The van der Waals surface area contributed by atoms with Crippen LogP contribution in [0, 0.1) is 22.7 Å². The Kier molecular flexibility index (Phi) is 7.14. The molecule has 168 valence electrons. The van der Waals surface area contributed by atoms with Gasteiger partial charge in [-0.25, -0.2) is 9.67 Å². The van der Waals surface area contributed by atoms with E-state index in [9.17, 15) is 5.26 Å². The first-order chi connectivity index (χ1) is 15.7. The van der Waals surface area contributed by atoms with Crippen molar-refractivity contribution >= 4 is 11.8 Å². The number of nitrogens with zero attached hydrogens (tertiary/aromatic N) is 4. The number of fused-ring (bicyclic) bond motifs is 1. The summed E-state index contributed by atoms with van der Waals surface area (Å²) in [5.41, 5.74) is 4.62. The molecule has 9 heteroatoms. The van der Waals surface area contributed by atoms with Crippen molar-refractivity contribution in [2.75, 3.05) is 40.0 Å². The first kappa shape index (κ1) is 22.0. The average molecular weight is 436 g/mol. The third kappa shape index (κ3) is 4.66. The molecule has 0 aromatic carbocycles. The van der Waals surface area contributed by atoms with Gasteiger partial charge in [0.15, 0.2) is 0 Å². The van der Waals surface area contributed by atoms with Crippen LogP contribution in [-0.2, 0) is 17.6 Å². The quantitative estimate of drug-likeness (QED) is 0.568. The SMILES string of the molecule is COc1ncc(-n2nc3c(c2/C(C=N)=C/NCC2CCNCC2)CCOCC3)cc1C#N. The summed E-state index contributed by atoms with van der Waals surface area (Å²) in [6, 6.07) is 3.86. The number of hydrogen-bond donors (Lipinski definition) is 3. The Morgan fingerprint density at radius 3 is 2.97 bits per heavy atom. The maximum absolute atomic E-state index is 9.51. The Hall–Kier alpha value is -3.22. The van der Waals surface area contributed by atoms with Gasteiger partial charge in [0.2, 0.25) is 5.88 Å². The summed E-state index contributed by atoms with van der Waals surface area (Å²) in [5, 5.41) is 29.3. The molecule has 2 aliphatic heterocycles. The minimum Gasteiger partial charge on any atom is -0.480 e. The van der Waals surface area contributed by atoms with Crippen molar-refractivity contribution in [2.45, 2.75) is 25.7 Å². The normalized spacial score (nSPS) is 17.2. The van der Waals surface area contributed by atoms with Crippen LogP contribution in [0.2, 0.25) is 0 Å². The Labute approximate surface area is 187 Å². The van der Waals surface area contributed by atoms with Crippen molar-refractivity contribution in [3.8, 4) is 17.6 Å². The molecule has 2 aromatic rings. The molecule has 0 atom stereocenters. The summed E-state index contributed by atoms with van der Waals surface area (Å²) in [5.74, 6) is 0.908. The van der Waals surface area contributed by atoms with Gasteiger partial charge in [-0.15, -0.1) is 0 Å². The molecule has 32 heavy (non-hydrogen) atoms. The molecule has 1 saturated heterocycles. The average Bonchev–Trinajstić information content (AvgIpc) is 3.03. The van der Waals surface area contributed by atoms with E-state index in [2.05, 4.69) is 21.7 Å². The molecule has 0 amide bonds. The van der Waals surface area contributed by atoms with Gasteiger partial charge in [0, 0.05) is 36.5 Å². The van der Waals surface area contributed by atoms with E-state index < -0.39 is 0 Å². The molecular formula is C23H29N7O2. The highest BCUT2D eigenvalue weighted by Gasteiger charge is 2.23. The number of nitriles is 1. The topological polar surface area (TPSA) is 121 Å². The van der Waals surface area contributed by atoms with E-state index in [1.807, 2.05) is 6.20 Å². The van der Waals surface area contributed by atoms with Gasteiger partial charge in [0.05, 0.1) is 43.6 Å². The largest absolute Gasteiger partial charge is 0.480 e. The number of rotatable bonds is 7. The van der Waals surface area contributed by atoms with Gasteiger partial charge in [-0.05, 0) is 44.3 Å². The molecule has 1 fully saturated rings. The summed E-state index contributed by atoms with van der Waals surface area (Å²) in [6.45, 7) is 4.22. The van der Waals surface area contributed by atoms with Crippen LogP contribution in [0.1, 0.15) is 35.4 Å². The number of allylic oxidation sites excluding steroid dienone is 1. The summed E-state index contributed by atoms with van der Waals surface area (Å²) in [4.78, 5) is 4.29. The summed E-state index contributed by atoms with van der Waals surface area (Å²) >= 11 is 0. The van der Waals surface area contributed by atoms with Crippen LogP contribution in [0.3, 0.4) is 0 Å². The molecule has 0 bridgehead atoms. The number of aromatic nitrogens is 3. The molecule has 0 aliphatic carbocycles. The highest BCUT2D eigenvalue weighted by Crippen LogP contribution is 2.28. The van der Waals surface area contributed by atoms with Crippen LogP contribution >= 0.6 is 0 Å². The molecule has 0 unspecified atom stereocenters. The molecule has 0 radical (unpaired) electrons. The molecule has 0 spiro atoms. The predicted octanol–water partition coefficient (Wildman–Crippen LogP) is 1.84. The van der Waals surface area contributed by atoms with Gasteiger partial charge in [-0.2, -0.15) is 10.4 Å². The van der Waals surface area contributed by atoms with Crippen molar-refractivity contribution in [3.05, 3.63) is 41.0 Å². The van der Waals surface area contributed by atoms with Gasteiger partial charge in [0.1, 0.15) is 11.6 Å². The van der Waals surface area contributed by atoms with Gasteiger partial charge in [0.25, 0.3) is 0 Å². The number of ether oxygens (including phenoxy) is 2. The van der Waals surface area contributed by atoms with Crippen LogP contribution in [0.15, 0.2) is 18.5 Å². The molecule has 9 nitrogen and oxygen atoms in total. The van der Waals surface area contributed by atoms with Gasteiger partial charge in [-0.1, -0.05) is 0 Å². The maximum Gasteiger partial charge on any atom is 0.231 e. The lowest BCUT2D eigenvalue weighted by Gasteiger charge is -2.22. The molecule has 2 aliphatic rings. The van der Waals surface area contributed by atoms with Gasteiger partial charge >= 0.3 is 0 Å². The van der Waals surface area contributed by atoms with E-state index in [1.165, 1.54) is 13.3 Å². The highest BCUT2D eigenvalue weighted by molar-refractivity contribution is 6.08. The Balaban J connectivity index is 1.72. The lowest BCUT2D eigenvalue weighted by molar-refractivity contribution is 0.145. The number of nitrogens with one attached hydrogen (secondary N) is 3. The van der Waals surface area contributed by atoms with Crippen LogP contribution < -0.4 is 15.4 Å². The van der Waals surface area contributed by atoms with Gasteiger partial charge < -0.3 is 25.5 Å². The fourth-order valence-electron chi connectivity index (χ4n) is 4.29. The number of pyridine rings is 1. The second-order valence-electron chi connectivity index (χ2n) is 8.01. The van der Waals surface area contributed by atoms with Crippen LogP contribution in [-0.4, -0.2) is 60.9 Å². The van der Waals surface area contributed by atoms with E-state index in [0.717, 1.165) is 61.4 Å². The third-order valence-corrected chi connectivity index (χ3v) is 5.99. The fraction of sp³-hybridized carbons (Fsp3) is 0.478. The Morgan fingerprint density at radius 2 is 2.22 bits per heavy atom. The predicted molar refractivity (Wildman–Crippen MR) is 121 cm³/mol. The van der Waals surface area contributed by atoms with E-state index in [0.29, 0.717) is 36.8 Å². The molecule has 3 N–H and O–H groups in total. The summed E-state index contributed by atoms with van der Waals surface area (Å²) < 4.78 is 12.6. The zero-order valence-electron chi connectivity index (χ0n) is 18.4.